The van der Waals surface area contributed by atoms with Gasteiger partial charge in [-0.2, -0.15) is 0 Å². The Balaban J connectivity index is 1.50. The number of nitrogens with one attached hydrogen (secondary N) is 1. The van der Waals surface area contributed by atoms with Crippen LogP contribution in [-0.2, 0) is 6.54 Å². The largest absolute Gasteiger partial charge is 0.366 e. The van der Waals surface area contributed by atoms with Gasteiger partial charge in [0.25, 0.3) is 11.6 Å². The number of anilines is 1. The average molecular weight is 382 g/mol. The summed E-state index contributed by atoms with van der Waals surface area (Å²) in [6.07, 6.45) is 2.06. The van der Waals surface area contributed by atoms with Crippen molar-refractivity contribution in [1.82, 2.24) is 10.3 Å². The maximum absolute atomic E-state index is 12.5. The molecular formula is C19H18N4O3S. The van der Waals surface area contributed by atoms with E-state index in [9.17, 15) is 14.9 Å². The highest BCUT2D eigenvalue weighted by Gasteiger charge is 2.23. The van der Waals surface area contributed by atoms with Crippen molar-refractivity contribution in [3.63, 3.8) is 0 Å². The number of thiazole rings is 1. The Morgan fingerprint density at radius 1 is 1.22 bits per heavy atom. The molecule has 27 heavy (non-hydrogen) atoms. The van der Waals surface area contributed by atoms with Gasteiger partial charge in [0, 0.05) is 24.7 Å². The van der Waals surface area contributed by atoms with Crippen molar-refractivity contribution >= 4 is 38.8 Å². The van der Waals surface area contributed by atoms with Crippen molar-refractivity contribution in [2.24, 2.45) is 0 Å². The van der Waals surface area contributed by atoms with Crippen molar-refractivity contribution in [3.8, 4) is 0 Å². The molecule has 1 aliphatic heterocycles. The van der Waals surface area contributed by atoms with Crippen molar-refractivity contribution in [1.29, 1.82) is 0 Å². The van der Waals surface area contributed by atoms with E-state index >= 15 is 0 Å². The van der Waals surface area contributed by atoms with Crippen LogP contribution in [0.25, 0.3) is 10.2 Å². The molecular weight excluding hydrogens is 364 g/mol. The lowest BCUT2D eigenvalue weighted by Gasteiger charge is -2.17. The molecule has 1 amide bonds. The summed E-state index contributed by atoms with van der Waals surface area (Å²) in [5.74, 6) is -0.342. The first-order chi connectivity index (χ1) is 13.1. The number of nitrogens with zero attached hydrogens (tertiary/aromatic N) is 3. The number of nitro groups is 1. The van der Waals surface area contributed by atoms with Gasteiger partial charge in [0.1, 0.15) is 10.7 Å². The van der Waals surface area contributed by atoms with E-state index in [0.29, 0.717) is 12.2 Å². The van der Waals surface area contributed by atoms with E-state index < -0.39 is 4.92 Å². The third kappa shape index (κ3) is 3.61. The van der Waals surface area contributed by atoms with Crippen LogP contribution in [0.4, 0.5) is 11.4 Å². The summed E-state index contributed by atoms with van der Waals surface area (Å²) in [4.78, 5) is 30.0. The number of benzene rings is 2. The van der Waals surface area contributed by atoms with Crippen LogP contribution in [0.1, 0.15) is 28.2 Å². The highest BCUT2D eigenvalue weighted by Crippen LogP contribution is 2.31. The molecule has 0 aliphatic carbocycles. The number of hydrogen-bond acceptors (Lipinski definition) is 6. The predicted molar refractivity (Wildman–Crippen MR) is 105 cm³/mol. The van der Waals surface area contributed by atoms with Crippen molar-refractivity contribution in [3.05, 3.63) is 63.1 Å². The SMILES string of the molecule is O=C(NCc1nc2ccccc2s1)c1ccc(N2CCCC2)c([N+](=O)[O-])c1. The van der Waals surface area contributed by atoms with Gasteiger partial charge in [-0.3, -0.25) is 14.9 Å². The minimum absolute atomic E-state index is 0.0236. The second kappa shape index (κ2) is 7.32. The van der Waals surface area contributed by atoms with Gasteiger partial charge in [-0.1, -0.05) is 12.1 Å². The molecule has 3 aromatic rings. The monoisotopic (exact) mass is 382 g/mol. The van der Waals surface area contributed by atoms with Crippen LogP contribution in [0.5, 0.6) is 0 Å². The van der Waals surface area contributed by atoms with Crippen LogP contribution >= 0.6 is 11.3 Å². The van der Waals surface area contributed by atoms with Crippen LogP contribution in [0.2, 0.25) is 0 Å². The Labute approximate surface area is 159 Å². The molecule has 7 nitrogen and oxygen atoms in total. The van der Waals surface area contributed by atoms with Gasteiger partial charge < -0.3 is 10.2 Å². The number of aromatic nitrogens is 1. The van der Waals surface area contributed by atoms with E-state index in [1.165, 1.54) is 17.4 Å². The predicted octanol–water partition coefficient (Wildman–Crippen LogP) is 3.73. The summed E-state index contributed by atoms with van der Waals surface area (Å²) in [7, 11) is 0. The Morgan fingerprint density at radius 3 is 2.74 bits per heavy atom. The second-order valence-electron chi connectivity index (χ2n) is 6.41. The zero-order valence-corrected chi connectivity index (χ0v) is 15.4. The number of para-hydroxylation sites is 1. The minimum Gasteiger partial charge on any atom is -0.366 e. The Bertz CT molecular complexity index is 978. The summed E-state index contributed by atoms with van der Waals surface area (Å²) in [5, 5.41) is 15.1. The molecule has 2 aromatic carbocycles. The standard InChI is InChI=1S/C19H18N4O3S/c24-19(20-12-18-21-14-5-1-2-6-17(14)27-18)13-7-8-15(16(11-13)23(25)26)22-9-3-4-10-22/h1-2,5-8,11H,3-4,9-10,12H2,(H,20,24). The number of fused-ring (bicyclic) bond motifs is 1. The lowest BCUT2D eigenvalue weighted by molar-refractivity contribution is -0.384. The Kier molecular flexibility index (Phi) is 4.72. The molecule has 0 saturated carbocycles. The molecule has 1 fully saturated rings. The average Bonchev–Trinajstić information content (AvgIpc) is 3.34. The fourth-order valence-corrected chi connectivity index (χ4v) is 4.20. The fraction of sp³-hybridized carbons (Fsp3) is 0.263. The molecule has 0 unspecified atom stereocenters. The normalized spacial score (nSPS) is 13.9. The minimum atomic E-state index is -0.419. The van der Waals surface area contributed by atoms with Gasteiger partial charge in [0.2, 0.25) is 0 Å². The summed E-state index contributed by atoms with van der Waals surface area (Å²) >= 11 is 1.52. The summed E-state index contributed by atoms with van der Waals surface area (Å²) in [6, 6.07) is 12.5. The van der Waals surface area contributed by atoms with E-state index in [-0.39, 0.29) is 17.2 Å². The van der Waals surface area contributed by atoms with E-state index in [4.69, 9.17) is 0 Å². The quantitative estimate of drug-likeness (QED) is 0.536. The number of rotatable bonds is 5. The molecule has 1 N–H and O–H groups in total. The topological polar surface area (TPSA) is 88.4 Å². The zero-order chi connectivity index (χ0) is 18.8. The molecule has 4 rings (SSSR count). The Hall–Kier alpha value is -3.00. The number of hydrogen-bond donors (Lipinski definition) is 1. The van der Waals surface area contributed by atoms with Gasteiger partial charge in [0.05, 0.1) is 21.7 Å². The van der Waals surface area contributed by atoms with Crippen molar-refractivity contribution in [2.75, 3.05) is 18.0 Å². The van der Waals surface area contributed by atoms with Gasteiger partial charge in [-0.05, 0) is 37.1 Å². The molecule has 1 saturated heterocycles. The van der Waals surface area contributed by atoms with Gasteiger partial charge in [0.15, 0.2) is 0 Å². The van der Waals surface area contributed by atoms with E-state index in [0.717, 1.165) is 41.2 Å². The van der Waals surface area contributed by atoms with E-state index in [2.05, 4.69) is 10.3 Å². The molecule has 0 spiro atoms. The number of carbonyl (C=O) groups excluding carboxylic acids is 1. The van der Waals surface area contributed by atoms with Crippen LogP contribution in [0, 0.1) is 10.1 Å². The molecule has 0 radical (unpaired) electrons. The first-order valence-corrected chi connectivity index (χ1v) is 9.59. The Morgan fingerprint density at radius 2 is 2.00 bits per heavy atom. The highest BCUT2D eigenvalue weighted by atomic mass is 32.1. The van der Waals surface area contributed by atoms with Crippen molar-refractivity contribution < 1.29 is 9.72 Å². The summed E-state index contributed by atoms with van der Waals surface area (Å²) in [5.41, 5.74) is 1.74. The summed E-state index contributed by atoms with van der Waals surface area (Å²) < 4.78 is 1.06. The molecule has 0 atom stereocenters. The van der Waals surface area contributed by atoms with Crippen LogP contribution in [0.15, 0.2) is 42.5 Å². The third-order valence-corrected chi connectivity index (χ3v) is 5.66. The third-order valence-electron chi connectivity index (χ3n) is 4.62. The van der Waals surface area contributed by atoms with Crippen LogP contribution in [0.3, 0.4) is 0 Å². The molecule has 1 aliphatic rings. The smallest absolute Gasteiger partial charge is 0.293 e. The second-order valence-corrected chi connectivity index (χ2v) is 7.53. The number of nitro benzene ring substituents is 1. The van der Waals surface area contributed by atoms with E-state index in [1.54, 1.807) is 12.1 Å². The van der Waals surface area contributed by atoms with Crippen LogP contribution < -0.4 is 10.2 Å². The lowest BCUT2D eigenvalue weighted by atomic mass is 10.1. The number of amides is 1. The molecule has 8 heteroatoms. The maximum Gasteiger partial charge on any atom is 0.293 e. The van der Waals surface area contributed by atoms with Crippen molar-refractivity contribution in [2.45, 2.75) is 19.4 Å². The molecule has 1 aromatic heterocycles. The van der Waals surface area contributed by atoms with Crippen LogP contribution in [-0.4, -0.2) is 28.9 Å². The molecule has 138 valence electrons. The summed E-state index contributed by atoms with van der Waals surface area (Å²) in [6.45, 7) is 1.91. The molecule has 2 heterocycles. The maximum atomic E-state index is 12.5. The molecule has 0 bridgehead atoms. The first-order valence-electron chi connectivity index (χ1n) is 8.78. The van der Waals surface area contributed by atoms with Gasteiger partial charge in [-0.15, -0.1) is 11.3 Å². The fourth-order valence-electron chi connectivity index (χ4n) is 3.29. The lowest BCUT2D eigenvalue weighted by Crippen LogP contribution is -2.23. The number of carbonyl (C=O) groups is 1. The van der Waals surface area contributed by atoms with E-state index in [1.807, 2.05) is 29.2 Å². The van der Waals surface area contributed by atoms with Gasteiger partial charge in [-0.25, -0.2) is 4.98 Å². The van der Waals surface area contributed by atoms with Gasteiger partial charge >= 0.3 is 0 Å². The first kappa shape index (κ1) is 17.4. The zero-order valence-electron chi connectivity index (χ0n) is 14.6. The highest BCUT2D eigenvalue weighted by molar-refractivity contribution is 7.18.